The van der Waals surface area contributed by atoms with Crippen LogP contribution < -0.4 is 0 Å². The van der Waals surface area contributed by atoms with E-state index < -0.39 is 0 Å². The molecule has 3 heteroatoms. The van der Waals surface area contributed by atoms with Gasteiger partial charge in [0.25, 0.3) is 0 Å². The maximum Gasteiger partial charge on any atom is 0.0547 e. The van der Waals surface area contributed by atoms with Crippen molar-refractivity contribution in [2.24, 2.45) is 7.05 Å². The molecule has 3 aromatic heterocycles. The Morgan fingerprint density at radius 1 is 0.382 bits per heavy atom. The van der Waals surface area contributed by atoms with Gasteiger partial charge in [0.1, 0.15) is 0 Å². The van der Waals surface area contributed by atoms with E-state index in [1.165, 1.54) is 87.7 Å². The number of hydrogen-bond donors (Lipinski definition) is 0. The van der Waals surface area contributed by atoms with Gasteiger partial charge in [-0.15, -0.1) is 6.58 Å². The van der Waals surface area contributed by atoms with Crippen LogP contribution in [0.1, 0.15) is 6.92 Å². The van der Waals surface area contributed by atoms with Crippen molar-refractivity contribution < 1.29 is 0 Å². The number of allylic oxidation sites excluding steroid dienone is 1. The first kappa shape index (κ1) is 32.5. The van der Waals surface area contributed by atoms with E-state index in [1.54, 1.807) is 6.08 Å². The Balaban J connectivity index is 0.00000120. The lowest BCUT2D eigenvalue weighted by Gasteiger charge is -2.10. The fraction of sp³-hybridized carbons (Fsp3) is 0.0385. The Morgan fingerprint density at radius 3 is 1.56 bits per heavy atom. The molecule has 0 amide bonds. The van der Waals surface area contributed by atoms with Crippen LogP contribution in [0.15, 0.2) is 195 Å². The molecule has 262 valence electrons. The second-order valence-corrected chi connectivity index (χ2v) is 14.2. The van der Waals surface area contributed by atoms with Crippen molar-refractivity contribution in [1.82, 2.24) is 13.7 Å². The number of hydrogen-bond acceptors (Lipinski definition) is 0. The van der Waals surface area contributed by atoms with E-state index in [9.17, 15) is 0 Å². The molecule has 0 N–H and O–H groups in total. The van der Waals surface area contributed by atoms with Crippen LogP contribution in [-0.2, 0) is 7.05 Å². The molecular formula is C52H39N3. The number of fused-ring (bicyclic) bond motifs is 9. The Kier molecular flexibility index (Phi) is 7.74. The lowest BCUT2D eigenvalue weighted by Crippen LogP contribution is -1.94. The van der Waals surface area contributed by atoms with Gasteiger partial charge in [0.05, 0.1) is 22.1 Å². The van der Waals surface area contributed by atoms with Gasteiger partial charge in [-0.25, -0.2) is 0 Å². The van der Waals surface area contributed by atoms with E-state index in [-0.39, 0.29) is 0 Å². The first-order chi connectivity index (χ1) is 27.1. The van der Waals surface area contributed by atoms with Crippen molar-refractivity contribution in [3.8, 4) is 33.6 Å². The summed E-state index contributed by atoms with van der Waals surface area (Å²) in [7, 11) is 2.17. The number of aromatic nitrogens is 3. The van der Waals surface area contributed by atoms with E-state index in [0.29, 0.717) is 0 Å². The SMILES string of the molecule is C=CC.Cn1c2ccccc2c2ccc(-c3ccc4c(c3)c3c(-c5ccc6c7ccccc7n(-c7ccccc7)c6c5)cccc3n4-c3ccccc3)cc21. The summed E-state index contributed by atoms with van der Waals surface area (Å²) in [6.45, 7) is 5.25. The van der Waals surface area contributed by atoms with Crippen LogP contribution in [-0.4, -0.2) is 13.7 Å². The van der Waals surface area contributed by atoms with Crippen molar-refractivity contribution in [2.75, 3.05) is 0 Å². The van der Waals surface area contributed by atoms with E-state index in [0.717, 1.165) is 11.4 Å². The highest BCUT2D eigenvalue weighted by atomic mass is 15.0. The Labute approximate surface area is 320 Å². The Morgan fingerprint density at radius 2 is 0.855 bits per heavy atom. The minimum atomic E-state index is 1.16. The van der Waals surface area contributed by atoms with Crippen LogP contribution in [0.25, 0.3) is 99.0 Å². The molecule has 11 rings (SSSR count). The third kappa shape index (κ3) is 5.12. The van der Waals surface area contributed by atoms with Gasteiger partial charge < -0.3 is 13.7 Å². The highest BCUT2D eigenvalue weighted by Crippen LogP contribution is 2.42. The molecule has 0 unspecified atom stereocenters. The van der Waals surface area contributed by atoms with Crippen molar-refractivity contribution in [1.29, 1.82) is 0 Å². The molecule has 8 aromatic carbocycles. The molecule has 0 bridgehead atoms. The molecule has 0 radical (unpaired) electrons. The van der Waals surface area contributed by atoms with Gasteiger partial charge >= 0.3 is 0 Å². The molecule has 0 spiro atoms. The van der Waals surface area contributed by atoms with Crippen molar-refractivity contribution >= 4 is 65.4 Å². The Bertz CT molecular complexity index is 3230. The van der Waals surface area contributed by atoms with Crippen LogP contribution >= 0.6 is 0 Å². The van der Waals surface area contributed by atoms with Gasteiger partial charge in [-0.3, -0.25) is 0 Å². The summed E-state index contributed by atoms with van der Waals surface area (Å²) in [4.78, 5) is 0. The average molecular weight is 706 g/mol. The second-order valence-electron chi connectivity index (χ2n) is 14.2. The monoisotopic (exact) mass is 705 g/mol. The van der Waals surface area contributed by atoms with E-state index in [1.807, 2.05) is 6.92 Å². The summed E-state index contributed by atoms with van der Waals surface area (Å²) in [6, 6.07) is 66.6. The topological polar surface area (TPSA) is 14.8 Å². The first-order valence-electron chi connectivity index (χ1n) is 18.9. The summed E-state index contributed by atoms with van der Waals surface area (Å²) in [5.41, 5.74) is 14.5. The van der Waals surface area contributed by atoms with E-state index >= 15 is 0 Å². The van der Waals surface area contributed by atoms with E-state index in [4.69, 9.17) is 0 Å². The van der Waals surface area contributed by atoms with E-state index in [2.05, 4.69) is 209 Å². The largest absolute Gasteiger partial charge is 0.344 e. The molecule has 0 aliphatic carbocycles. The summed E-state index contributed by atoms with van der Waals surface area (Å²) >= 11 is 0. The van der Waals surface area contributed by atoms with Gasteiger partial charge in [0, 0.05) is 61.8 Å². The number of rotatable bonds is 4. The van der Waals surface area contributed by atoms with Crippen LogP contribution in [0.2, 0.25) is 0 Å². The number of benzene rings is 8. The summed E-state index contributed by atoms with van der Waals surface area (Å²) < 4.78 is 7.14. The zero-order valence-electron chi connectivity index (χ0n) is 30.9. The average Bonchev–Trinajstić information content (AvgIpc) is 3.86. The maximum atomic E-state index is 3.36. The van der Waals surface area contributed by atoms with Gasteiger partial charge in [0.15, 0.2) is 0 Å². The molecule has 0 fully saturated rings. The normalized spacial score (nSPS) is 11.5. The summed E-state index contributed by atoms with van der Waals surface area (Å²) in [5.74, 6) is 0. The van der Waals surface area contributed by atoms with Crippen LogP contribution in [0.4, 0.5) is 0 Å². The molecule has 0 aliphatic heterocycles. The molecule has 55 heavy (non-hydrogen) atoms. The third-order valence-electron chi connectivity index (χ3n) is 11.1. The second kappa shape index (κ2) is 13.1. The fourth-order valence-corrected chi connectivity index (χ4v) is 8.68. The molecule has 0 saturated carbocycles. The maximum absolute atomic E-state index is 3.36. The zero-order chi connectivity index (χ0) is 37.0. The van der Waals surface area contributed by atoms with Crippen LogP contribution in [0, 0.1) is 0 Å². The minimum absolute atomic E-state index is 1.16. The molecule has 3 heterocycles. The quantitative estimate of drug-likeness (QED) is 0.162. The minimum Gasteiger partial charge on any atom is -0.344 e. The summed E-state index contributed by atoms with van der Waals surface area (Å²) in [5, 5.41) is 7.60. The smallest absolute Gasteiger partial charge is 0.0547 e. The number of aryl methyl sites for hydroxylation is 1. The van der Waals surface area contributed by atoms with Gasteiger partial charge in [0.2, 0.25) is 0 Å². The Hall–Kier alpha value is -7.10. The molecule has 0 saturated heterocycles. The highest BCUT2D eigenvalue weighted by Gasteiger charge is 2.19. The third-order valence-corrected chi connectivity index (χ3v) is 11.1. The highest BCUT2D eigenvalue weighted by molar-refractivity contribution is 6.18. The van der Waals surface area contributed by atoms with Crippen molar-refractivity contribution in [3.63, 3.8) is 0 Å². The fourth-order valence-electron chi connectivity index (χ4n) is 8.68. The van der Waals surface area contributed by atoms with Crippen LogP contribution in [0.3, 0.4) is 0 Å². The number of nitrogens with zero attached hydrogens (tertiary/aromatic N) is 3. The molecule has 3 nitrogen and oxygen atoms in total. The van der Waals surface area contributed by atoms with Gasteiger partial charge in [-0.2, -0.15) is 0 Å². The predicted octanol–water partition coefficient (Wildman–Crippen LogP) is 14.1. The molecule has 11 aromatic rings. The molecule has 0 aliphatic rings. The van der Waals surface area contributed by atoms with Crippen molar-refractivity contribution in [2.45, 2.75) is 6.92 Å². The number of para-hydroxylation sites is 4. The zero-order valence-corrected chi connectivity index (χ0v) is 30.9. The summed E-state index contributed by atoms with van der Waals surface area (Å²) in [6.07, 6.45) is 1.75. The molecule has 0 atom stereocenters. The van der Waals surface area contributed by atoms with Gasteiger partial charge in [-0.1, -0.05) is 121 Å². The first-order valence-corrected chi connectivity index (χ1v) is 18.9. The van der Waals surface area contributed by atoms with Crippen LogP contribution in [0.5, 0.6) is 0 Å². The predicted molar refractivity (Wildman–Crippen MR) is 236 cm³/mol. The standard InChI is InChI=1S/C49H33N3.C3H6/c1-50-43-20-10-8-17-38(43)40-26-23-33(30-47(40)50)32-25-28-45-42(29-32)49-37(19-12-22-46(49)51(45)35-13-4-2-5-14-35)34-24-27-41-39-18-9-11-21-44(39)52(48(41)31-34)36-15-6-3-7-16-36;1-3-2/h2-31H,1H3;3H,1H2,2H3. The lowest BCUT2D eigenvalue weighted by molar-refractivity contribution is 1.01. The lowest BCUT2D eigenvalue weighted by atomic mass is 9.96. The van der Waals surface area contributed by atoms with Gasteiger partial charge in [-0.05, 0) is 95.9 Å². The van der Waals surface area contributed by atoms with Crippen molar-refractivity contribution in [3.05, 3.63) is 195 Å². The molecular weight excluding hydrogens is 667 g/mol.